The highest BCUT2D eigenvalue weighted by Crippen LogP contribution is 2.38. The number of hydrogen-bond acceptors (Lipinski definition) is 5. The summed E-state index contributed by atoms with van der Waals surface area (Å²) >= 11 is 0. The second-order valence-corrected chi connectivity index (χ2v) is 6.81. The van der Waals surface area contributed by atoms with Gasteiger partial charge in [-0.15, -0.1) is 0 Å². The van der Waals surface area contributed by atoms with Gasteiger partial charge in [-0.3, -0.25) is 14.5 Å². The molecule has 1 N–H and O–H groups in total. The standard InChI is InChI=1S/C21H22N2O5/c1-3-26-19-9-14-8-13(2)28-18(14)10-15(19)22-20(24)11-23-16-6-4-5-7-17(16)27-12-21(23)25/h4-7,9-10,13H,3,8,11-12H2,1-2H3,(H,22,24). The van der Waals surface area contributed by atoms with Crippen LogP contribution in [0, 0.1) is 0 Å². The summed E-state index contributed by atoms with van der Waals surface area (Å²) in [5.41, 5.74) is 2.19. The number of ether oxygens (including phenoxy) is 3. The van der Waals surface area contributed by atoms with Crippen LogP contribution in [0.5, 0.6) is 17.2 Å². The van der Waals surface area contributed by atoms with Gasteiger partial charge < -0.3 is 19.5 Å². The number of nitrogens with one attached hydrogen (secondary N) is 1. The van der Waals surface area contributed by atoms with Gasteiger partial charge in [-0.05, 0) is 32.0 Å². The molecule has 0 bridgehead atoms. The van der Waals surface area contributed by atoms with Gasteiger partial charge in [0.05, 0.1) is 18.0 Å². The molecule has 7 heteroatoms. The lowest BCUT2D eigenvalue weighted by Gasteiger charge is -2.28. The largest absolute Gasteiger partial charge is 0.492 e. The highest BCUT2D eigenvalue weighted by Gasteiger charge is 2.28. The number of amides is 2. The van der Waals surface area contributed by atoms with Gasteiger partial charge in [0.25, 0.3) is 5.91 Å². The predicted octanol–water partition coefficient (Wildman–Crippen LogP) is 2.77. The fraction of sp³-hybridized carbons (Fsp3) is 0.333. The van der Waals surface area contributed by atoms with Crippen molar-refractivity contribution >= 4 is 23.2 Å². The van der Waals surface area contributed by atoms with Crippen LogP contribution in [0.3, 0.4) is 0 Å². The number of carbonyl (C=O) groups excluding carboxylic acids is 2. The molecule has 28 heavy (non-hydrogen) atoms. The Labute approximate surface area is 163 Å². The quantitative estimate of drug-likeness (QED) is 0.861. The molecule has 4 rings (SSSR count). The number of nitrogens with zero attached hydrogens (tertiary/aromatic N) is 1. The zero-order valence-electron chi connectivity index (χ0n) is 15.9. The van der Waals surface area contributed by atoms with E-state index in [1.165, 1.54) is 4.90 Å². The van der Waals surface area contributed by atoms with Crippen LogP contribution in [0.15, 0.2) is 36.4 Å². The molecule has 1 unspecified atom stereocenters. The van der Waals surface area contributed by atoms with E-state index in [9.17, 15) is 9.59 Å². The minimum atomic E-state index is -0.322. The summed E-state index contributed by atoms with van der Waals surface area (Å²) < 4.78 is 16.9. The zero-order valence-corrected chi connectivity index (χ0v) is 15.9. The van der Waals surface area contributed by atoms with E-state index in [0.717, 1.165) is 17.7 Å². The molecule has 2 aromatic carbocycles. The Bertz CT molecular complexity index is 927. The smallest absolute Gasteiger partial charge is 0.265 e. The first kappa shape index (κ1) is 18.2. The maximum atomic E-state index is 12.7. The minimum absolute atomic E-state index is 0.0843. The van der Waals surface area contributed by atoms with Gasteiger partial charge in [-0.25, -0.2) is 0 Å². The molecule has 2 amide bonds. The van der Waals surface area contributed by atoms with Crippen molar-refractivity contribution in [2.45, 2.75) is 26.4 Å². The topological polar surface area (TPSA) is 77.1 Å². The van der Waals surface area contributed by atoms with Crippen molar-refractivity contribution in [1.29, 1.82) is 0 Å². The van der Waals surface area contributed by atoms with Crippen LogP contribution in [0.1, 0.15) is 19.4 Å². The normalized spacial score (nSPS) is 17.3. The van der Waals surface area contributed by atoms with Gasteiger partial charge in [-0.2, -0.15) is 0 Å². The van der Waals surface area contributed by atoms with Crippen molar-refractivity contribution in [1.82, 2.24) is 0 Å². The van der Waals surface area contributed by atoms with Crippen LogP contribution in [-0.4, -0.2) is 37.7 Å². The van der Waals surface area contributed by atoms with Crippen molar-refractivity contribution in [3.05, 3.63) is 42.0 Å². The van der Waals surface area contributed by atoms with Crippen LogP contribution in [-0.2, 0) is 16.0 Å². The number of benzene rings is 2. The Balaban J connectivity index is 1.54. The van der Waals surface area contributed by atoms with E-state index in [4.69, 9.17) is 14.2 Å². The number of anilines is 2. The van der Waals surface area contributed by atoms with Crippen molar-refractivity contribution in [2.24, 2.45) is 0 Å². The Hall–Kier alpha value is -3.22. The first-order valence-electron chi connectivity index (χ1n) is 9.33. The third kappa shape index (κ3) is 3.47. The maximum absolute atomic E-state index is 12.7. The van der Waals surface area contributed by atoms with Crippen LogP contribution >= 0.6 is 0 Å². The van der Waals surface area contributed by atoms with Crippen molar-refractivity contribution in [3.8, 4) is 17.2 Å². The lowest BCUT2D eigenvalue weighted by molar-refractivity contribution is -0.123. The number of rotatable bonds is 5. The molecule has 0 saturated heterocycles. The predicted molar refractivity (Wildman–Crippen MR) is 104 cm³/mol. The van der Waals surface area contributed by atoms with Crippen LogP contribution < -0.4 is 24.4 Å². The van der Waals surface area contributed by atoms with Crippen LogP contribution in [0.2, 0.25) is 0 Å². The summed E-state index contributed by atoms with van der Waals surface area (Å²) in [5, 5.41) is 2.86. The molecule has 2 aromatic rings. The minimum Gasteiger partial charge on any atom is -0.492 e. The average Bonchev–Trinajstić information content (AvgIpc) is 3.03. The van der Waals surface area contributed by atoms with Crippen LogP contribution in [0.4, 0.5) is 11.4 Å². The summed E-state index contributed by atoms with van der Waals surface area (Å²) in [5.74, 6) is 1.35. The van der Waals surface area contributed by atoms with E-state index in [1.54, 1.807) is 24.3 Å². The van der Waals surface area contributed by atoms with E-state index in [0.29, 0.717) is 29.5 Å². The molecule has 0 saturated carbocycles. The second kappa shape index (κ2) is 7.42. The second-order valence-electron chi connectivity index (χ2n) is 6.81. The average molecular weight is 382 g/mol. The highest BCUT2D eigenvalue weighted by atomic mass is 16.5. The first-order chi connectivity index (χ1) is 13.5. The molecule has 2 aliphatic heterocycles. The Morgan fingerprint density at radius 2 is 2.11 bits per heavy atom. The third-order valence-corrected chi connectivity index (χ3v) is 4.68. The van der Waals surface area contributed by atoms with Gasteiger partial charge >= 0.3 is 0 Å². The molecular weight excluding hydrogens is 360 g/mol. The summed E-state index contributed by atoms with van der Waals surface area (Å²) in [7, 11) is 0. The van der Waals surface area contributed by atoms with Gasteiger partial charge in [0.2, 0.25) is 5.91 Å². The summed E-state index contributed by atoms with van der Waals surface area (Å²) in [6, 6.07) is 10.9. The van der Waals surface area contributed by atoms with Crippen molar-refractivity contribution in [3.63, 3.8) is 0 Å². The fourth-order valence-electron chi connectivity index (χ4n) is 3.47. The molecule has 2 aliphatic rings. The maximum Gasteiger partial charge on any atom is 0.265 e. The van der Waals surface area contributed by atoms with Crippen molar-refractivity contribution < 1.29 is 23.8 Å². The third-order valence-electron chi connectivity index (χ3n) is 4.68. The van der Waals surface area contributed by atoms with E-state index in [-0.39, 0.29) is 31.1 Å². The zero-order chi connectivity index (χ0) is 19.7. The lowest BCUT2D eigenvalue weighted by atomic mass is 10.1. The van der Waals surface area contributed by atoms with Crippen LogP contribution in [0.25, 0.3) is 0 Å². The molecule has 2 heterocycles. The molecule has 0 radical (unpaired) electrons. The molecule has 1 atom stereocenters. The monoisotopic (exact) mass is 382 g/mol. The van der Waals surface area contributed by atoms with E-state index in [1.807, 2.05) is 26.0 Å². The van der Waals surface area contributed by atoms with E-state index < -0.39 is 0 Å². The van der Waals surface area contributed by atoms with E-state index in [2.05, 4.69) is 5.32 Å². The Morgan fingerprint density at radius 3 is 2.93 bits per heavy atom. The number of fused-ring (bicyclic) bond motifs is 2. The summed E-state index contributed by atoms with van der Waals surface area (Å²) in [6.45, 7) is 4.17. The van der Waals surface area contributed by atoms with Crippen molar-refractivity contribution in [2.75, 3.05) is 30.0 Å². The van der Waals surface area contributed by atoms with Gasteiger partial charge in [-0.1, -0.05) is 12.1 Å². The van der Waals surface area contributed by atoms with Gasteiger partial charge in [0, 0.05) is 18.1 Å². The highest BCUT2D eigenvalue weighted by molar-refractivity contribution is 6.05. The number of para-hydroxylation sites is 2. The summed E-state index contributed by atoms with van der Waals surface area (Å²) in [6.07, 6.45) is 0.904. The Morgan fingerprint density at radius 1 is 1.29 bits per heavy atom. The molecule has 7 nitrogen and oxygen atoms in total. The van der Waals surface area contributed by atoms with Gasteiger partial charge in [0.1, 0.15) is 29.9 Å². The molecule has 0 fully saturated rings. The number of carbonyl (C=O) groups is 2. The summed E-state index contributed by atoms with van der Waals surface area (Å²) in [4.78, 5) is 26.4. The molecule has 146 valence electrons. The Kier molecular flexibility index (Phi) is 4.81. The molecular formula is C21H22N2O5. The lowest BCUT2D eigenvalue weighted by Crippen LogP contribution is -2.43. The first-order valence-corrected chi connectivity index (χ1v) is 9.33. The SMILES string of the molecule is CCOc1cc2c(cc1NC(=O)CN1C(=O)COc3ccccc31)OC(C)C2. The number of hydrogen-bond donors (Lipinski definition) is 1. The fourth-order valence-corrected chi connectivity index (χ4v) is 3.47. The van der Waals surface area contributed by atoms with E-state index >= 15 is 0 Å². The molecule has 0 aromatic heterocycles. The molecule has 0 spiro atoms. The molecule has 0 aliphatic carbocycles. The van der Waals surface area contributed by atoms with Gasteiger partial charge in [0.15, 0.2) is 6.61 Å².